The van der Waals surface area contributed by atoms with Crippen molar-refractivity contribution in [1.82, 2.24) is 0 Å². The molecule has 1 N–H and O–H groups in total. The quantitative estimate of drug-likeness (QED) is 0.806. The molecule has 0 radical (unpaired) electrons. The Labute approximate surface area is 125 Å². The second-order valence-corrected chi connectivity index (χ2v) is 9.57. The molecule has 4 nitrogen and oxygen atoms in total. The van der Waals surface area contributed by atoms with Crippen molar-refractivity contribution in [2.24, 2.45) is 23.2 Å². The lowest BCUT2D eigenvalue weighted by Crippen LogP contribution is -2.40. The Morgan fingerprint density at radius 1 is 1.25 bits per heavy atom. The van der Waals surface area contributed by atoms with Crippen molar-refractivity contribution in [3.05, 3.63) is 0 Å². The highest BCUT2D eigenvalue weighted by molar-refractivity contribution is 8.14. The van der Waals surface area contributed by atoms with Gasteiger partial charge < -0.3 is 0 Å². The van der Waals surface area contributed by atoms with Crippen LogP contribution in [0.25, 0.3) is 0 Å². The molecule has 0 aromatic rings. The van der Waals surface area contributed by atoms with Crippen LogP contribution in [0.1, 0.15) is 46.0 Å². The maximum atomic E-state index is 12.4. The van der Waals surface area contributed by atoms with E-state index in [0.29, 0.717) is 11.8 Å². The van der Waals surface area contributed by atoms with Crippen molar-refractivity contribution in [2.45, 2.75) is 46.0 Å². The molecule has 116 valence electrons. The Morgan fingerprint density at radius 3 is 2.30 bits per heavy atom. The highest BCUT2D eigenvalue weighted by atomic mass is 32.2. The van der Waals surface area contributed by atoms with Crippen molar-refractivity contribution in [3.63, 3.8) is 0 Å². The van der Waals surface area contributed by atoms with Gasteiger partial charge in [0.25, 0.3) is 10.1 Å². The third kappa shape index (κ3) is 4.21. The number of carbonyl (C=O) groups excluding carboxylic acids is 1. The van der Waals surface area contributed by atoms with Gasteiger partial charge in [0.2, 0.25) is 0 Å². The molecule has 2 atom stereocenters. The van der Waals surface area contributed by atoms with E-state index < -0.39 is 10.1 Å². The lowest BCUT2D eigenvalue weighted by Gasteiger charge is -2.46. The normalized spacial score (nSPS) is 37.6. The fraction of sp³-hybridized carbons (Fsp3) is 0.929. The second-order valence-electron chi connectivity index (χ2n) is 6.94. The molecule has 0 aromatic heterocycles. The summed E-state index contributed by atoms with van der Waals surface area (Å²) in [5, 5.41) is 0.102. The SMILES string of the molecule is CC1CC2CC(C1)CC(C)(C(=O)SCCS(=O)(=O)O)C2. The van der Waals surface area contributed by atoms with Crippen molar-refractivity contribution in [3.8, 4) is 0 Å². The number of hydrogen-bond donors (Lipinski definition) is 1. The zero-order valence-electron chi connectivity index (χ0n) is 12.2. The number of rotatable bonds is 4. The monoisotopic (exact) mass is 320 g/mol. The van der Waals surface area contributed by atoms with Crippen LogP contribution in [0.15, 0.2) is 0 Å². The Bertz CT molecular complexity index is 454. The molecule has 6 heteroatoms. The maximum Gasteiger partial charge on any atom is 0.265 e. The Hall–Kier alpha value is -0.0700. The summed E-state index contributed by atoms with van der Waals surface area (Å²) in [7, 11) is -3.97. The number of thioether (sulfide) groups is 1. The summed E-state index contributed by atoms with van der Waals surface area (Å²) >= 11 is 1.07. The first-order chi connectivity index (χ1) is 9.18. The predicted octanol–water partition coefficient (Wildman–Crippen LogP) is 2.99. The smallest absolute Gasteiger partial charge is 0.265 e. The molecule has 0 spiro atoms. The van der Waals surface area contributed by atoms with Gasteiger partial charge in [-0.3, -0.25) is 9.35 Å². The first kappa shape index (κ1) is 16.3. The zero-order valence-corrected chi connectivity index (χ0v) is 13.8. The van der Waals surface area contributed by atoms with Gasteiger partial charge in [0.15, 0.2) is 5.12 Å². The van der Waals surface area contributed by atoms with Crippen LogP contribution in [0, 0.1) is 23.2 Å². The van der Waals surface area contributed by atoms with Gasteiger partial charge in [-0.25, -0.2) is 0 Å². The largest absolute Gasteiger partial charge is 0.287 e. The van der Waals surface area contributed by atoms with Crippen molar-refractivity contribution < 1.29 is 17.8 Å². The molecule has 0 aliphatic heterocycles. The Balaban J connectivity index is 1.92. The van der Waals surface area contributed by atoms with Gasteiger partial charge in [-0.15, -0.1) is 0 Å². The summed E-state index contributed by atoms with van der Waals surface area (Å²) in [5.74, 6) is 1.87. The third-order valence-electron chi connectivity index (χ3n) is 4.68. The predicted molar refractivity (Wildman–Crippen MR) is 81.2 cm³/mol. The van der Waals surface area contributed by atoms with Crippen molar-refractivity contribution >= 4 is 27.0 Å². The van der Waals surface area contributed by atoms with Gasteiger partial charge in [0.05, 0.1) is 5.75 Å². The molecule has 2 unspecified atom stereocenters. The topological polar surface area (TPSA) is 71.4 Å². The van der Waals surface area contributed by atoms with Gasteiger partial charge in [0, 0.05) is 11.2 Å². The van der Waals surface area contributed by atoms with E-state index >= 15 is 0 Å². The summed E-state index contributed by atoms with van der Waals surface area (Å²) in [5.41, 5.74) is -0.308. The molecule has 2 bridgehead atoms. The molecule has 2 saturated carbocycles. The van der Waals surface area contributed by atoms with Crippen LogP contribution >= 0.6 is 11.8 Å². The number of carbonyl (C=O) groups is 1. The van der Waals surface area contributed by atoms with Crippen molar-refractivity contribution in [1.29, 1.82) is 0 Å². The number of hydrogen-bond acceptors (Lipinski definition) is 4. The molecule has 0 heterocycles. The van der Waals surface area contributed by atoms with Gasteiger partial charge in [-0.05, 0) is 49.9 Å². The Morgan fingerprint density at radius 2 is 1.80 bits per heavy atom. The Kier molecular flexibility index (Phi) is 4.87. The van der Waals surface area contributed by atoms with Crippen LogP contribution in [0.4, 0.5) is 0 Å². The lowest BCUT2D eigenvalue weighted by molar-refractivity contribution is -0.123. The van der Waals surface area contributed by atoms with E-state index in [1.54, 1.807) is 0 Å². The van der Waals surface area contributed by atoms with E-state index in [2.05, 4.69) is 6.92 Å². The summed E-state index contributed by atoms with van der Waals surface area (Å²) < 4.78 is 30.1. The second kappa shape index (κ2) is 5.97. The molecule has 0 aromatic carbocycles. The van der Waals surface area contributed by atoms with E-state index in [9.17, 15) is 13.2 Å². The lowest BCUT2D eigenvalue weighted by atomic mass is 9.60. The first-order valence-electron chi connectivity index (χ1n) is 7.30. The van der Waals surface area contributed by atoms with Crippen LogP contribution in [-0.2, 0) is 14.9 Å². The van der Waals surface area contributed by atoms with Crippen LogP contribution in [0.3, 0.4) is 0 Å². The van der Waals surface area contributed by atoms with Crippen LogP contribution in [0.5, 0.6) is 0 Å². The third-order valence-corrected chi connectivity index (χ3v) is 6.83. The fourth-order valence-corrected chi connectivity index (χ4v) is 6.05. The molecule has 2 aliphatic carbocycles. The fourth-order valence-electron chi connectivity index (χ4n) is 4.17. The minimum Gasteiger partial charge on any atom is -0.287 e. The summed E-state index contributed by atoms with van der Waals surface area (Å²) in [6.45, 7) is 4.33. The van der Waals surface area contributed by atoms with E-state index in [1.165, 1.54) is 19.3 Å². The van der Waals surface area contributed by atoms with E-state index in [4.69, 9.17) is 4.55 Å². The molecule has 2 aliphatic rings. The average Bonchev–Trinajstić information content (AvgIpc) is 2.24. The molecule has 20 heavy (non-hydrogen) atoms. The van der Waals surface area contributed by atoms with E-state index in [-0.39, 0.29) is 22.0 Å². The molecular formula is C14H24O4S2. The van der Waals surface area contributed by atoms with Gasteiger partial charge in [0.1, 0.15) is 0 Å². The van der Waals surface area contributed by atoms with Crippen LogP contribution < -0.4 is 0 Å². The van der Waals surface area contributed by atoms with Gasteiger partial charge in [-0.2, -0.15) is 8.42 Å². The summed E-state index contributed by atoms with van der Waals surface area (Å²) in [6.07, 6.45) is 5.56. The minimum atomic E-state index is -3.97. The molecule has 2 rings (SSSR count). The minimum absolute atomic E-state index is 0.102. The van der Waals surface area contributed by atoms with E-state index in [0.717, 1.165) is 30.5 Å². The molecule has 0 amide bonds. The molecular weight excluding hydrogens is 296 g/mol. The highest BCUT2D eigenvalue weighted by Gasteiger charge is 2.44. The zero-order chi connectivity index (χ0) is 15.0. The summed E-state index contributed by atoms with van der Waals surface area (Å²) in [6, 6.07) is 0. The van der Waals surface area contributed by atoms with Crippen LogP contribution in [-0.4, -0.2) is 29.6 Å². The first-order valence-corrected chi connectivity index (χ1v) is 9.90. The number of fused-ring (bicyclic) bond motifs is 2. The van der Waals surface area contributed by atoms with Gasteiger partial charge in [-0.1, -0.05) is 25.6 Å². The summed E-state index contributed by atoms with van der Waals surface area (Å²) in [4.78, 5) is 12.4. The highest BCUT2D eigenvalue weighted by Crippen LogP contribution is 2.51. The maximum absolute atomic E-state index is 12.4. The van der Waals surface area contributed by atoms with Gasteiger partial charge >= 0.3 is 0 Å². The van der Waals surface area contributed by atoms with E-state index in [1.807, 2.05) is 6.92 Å². The van der Waals surface area contributed by atoms with Crippen molar-refractivity contribution in [2.75, 3.05) is 11.5 Å². The van der Waals surface area contributed by atoms with Crippen LogP contribution in [0.2, 0.25) is 0 Å². The average molecular weight is 320 g/mol. The molecule has 0 saturated heterocycles. The molecule has 2 fully saturated rings. The standard InChI is InChI=1S/C14H24O4S2/c1-10-5-11-7-12(6-10)9-14(2,8-11)13(15)19-3-4-20(16,17)18/h10-12H,3-9H2,1-2H3,(H,16,17,18).